The van der Waals surface area contributed by atoms with Crippen LogP contribution < -0.4 is 22.1 Å². The fourth-order valence-electron chi connectivity index (χ4n) is 2.71. The molecule has 0 fully saturated rings. The molecule has 2 unspecified atom stereocenters. The Bertz CT molecular complexity index is 1030. The molecular weight excluding hydrogens is 395 g/mol. The van der Waals surface area contributed by atoms with Gasteiger partial charge in [0.2, 0.25) is 0 Å². The number of hydrogen-bond donors (Lipinski definition) is 4. The molecule has 8 nitrogen and oxygen atoms in total. The van der Waals surface area contributed by atoms with Gasteiger partial charge in [0, 0.05) is 12.4 Å². The monoisotopic (exact) mass is 414 g/mol. The summed E-state index contributed by atoms with van der Waals surface area (Å²) in [5, 5.41) is 6.46. The number of carbonyl (C=O) groups is 2. The summed E-state index contributed by atoms with van der Waals surface area (Å²) < 4.78 is 18.8. The Hall–Kier alpha value is -3.37. The van der Waals surface area contributed by atoms with Gasteiger partial charge >= 0.3 is 0 Å². The summed E-state index contributed by atoms with van der Waals surface area (Å²) in [6.07, 6.45) is 3.72. The number of rotatable bonds is 8. The highest BCUT2D eigenvalue weighted by Gasteiger charge is 2.22. The number of carbonyl (C=O) groups excluding carboxylic acids is 2. The average molecular weight is 414 g/mol. The second-order valence-corrected chi connectivity index (χ2v) is 7.12. The van der Waals surface area contributed by atoms with Gasteiger partial charge in [0.05, 0.1) is 28.7 Å². The zero-order valence-corrected chi connectivity index (χ0v) is 16.2. The minimum absolute atomic E-state index is 0.00447. The van der Waals surface area contributed by atoms with Gasteiger partial charge in [0.25, 0.3) is 5.91 Å². The molecule has 6 N–H and O–H groups in total. The average Bonchev–Trinajstić information content (AvgIpc) is 3.12. The van der Waals surface area contributed by atoms with E-state index in [-0.39, 0.29) is 16.9 Å². The molecular formula is C19H19FN6O2S. The lowest BCUT2D eigenvalue weighted by molar-refractivity contribution is -0.108. The molecule has 0 aliphatic heterocycles. The SMILES string of the molecule is Cc1cc(Nc2cc(NC(C=O)C(N)c3cccnc3)c(F)cc2C(N)=O)sn1. The number of primary amides is 1. The Morgan fingerprint density at radius 2 is 2.10 bits per heavy atom. The molecule has 1 aromatic carbocycles. The second kappa shape index (κ2) is 8.76. The third-order valence-corrected chi connectivity index (χ3v) is 4.98. The van der Waals surface area contributed by atoms with Gasteiger partial charge in [0.1, 0.15) is 23.1 Å². The van der Waals surface area contributed by atoms with E-state index in [9.17, 15) is 14.0 Å². The van der Waals surface area contributed by atoms with Gasteiger partial charge in [-0.1, -0.05) is 6.07 Å². The fraction of sp³-hybridized carbons (Fsp3) is 0.158. The van der Waals surface area contributed by atoms with Crippen molar-refractivity contribution in [2.45, 2.75) is 19.0 Å². The molecule has 0 saturated carbocycles. The largest absolute Gasteiger partial charge is 0.372 e. The predicted molar refractivity (Wildman–Crippen MR) is 110 cm³/mol. The third kappa shape index (κ3) is 4.73. The van der Waals surface area contributed by atoms with Crippen molar-refractivity contribution < 1.29 is 14.0 Å². The molecule has 0 spiro atoms. The maximum atomic E-state index is 14.6. The van der Waals surface area contributed by atoms with Crippen LogP contribution in [0.15, 0.2) is 42.7 Å². The molecule has 2 heterocycles. The van der Waals surface area contributed by atoms with Gasteiger partial charge < -0.3 is 26.9 Å². The number of aldehydes is 1. The summed E-state index contributed by atoms with van der Waals surface area (Å²) in [6.45, 7) is 1.82. The molecule has 3 aromatic rings. The summed E-state index contributed by atoms with van der Waals surface area (Å²) >= 11 is 1.18. The Balaban J connectivity index is 1.92. The van der Waals surface area contributed by atoms with E-state index in [0.29, 0.717) is 16.9 Å². The zero-order chi connectivity index (χ0) is 21.0. The van der Waals surface area contributed by atoms with E-state index in [4.69, 9.17) is 11.5 Å². The van der Waals surface area contributed by atoms with E-state index in [1.54, 1.807) is 24.4 Å². The number of amides is 1. The first-order valence-corrected chi connectivity index (χ1v) is 9.37. The molecule has 3 rings (SSSR count). The first-order chi connectivity index (χ1) is 13.9. The van der Waals surface area contributed by atoms with Crippen molar-refractivity contribution in [3.63, 3.8) is 0 Å². The molecule has 2 aromatic heterocycles. The van der Waals surface area contributed by atoms with Crippen molar-refractivity contribution in [3.8, 4) is 0 Å². The first kappa shape index (κ1) is 20.4. The molecule has 0 radical (unpaired) electrons. The van der Waals surface area contributed by atoms with Gasteiger partial charge in [-0.05, 0) is 48.3 Å². The normalized spacial score (nSPS) is 12.8. The van der Waals surface area contributed by atoms with Crippen LogP contribution in [0.2, 0.25) is 0 Å². The van der Waals surface area contributed by atoms with Crippen LogP contribution in [0.1, 0.15) is 27.7 Å². The zero-order valence-electron chi connectivity index (χ0n) is 15.4. The number of anilines is 3. The highest BCUT2D eigenvalue weighted by Crippen LogP contribution is 2.30. The highest BCUT2D eigenvalue weighted by atomic mass is 32.1. The lowest BCUT2D eigenvalue weighted by Crippen LogP contribution is -2.35. The number of nitrogens with one attached hydrogen (secondary N) is 2. The summed E-state index contributed by atoms with van der Waals surface area (Å²) in [4.78, 5) is 27.3. The number of aromatic nitrogens is 2. The van der Waals surface area contributed by atoms with Crippen LogP contribution in [0.4, 0.5) is 20.8 Å². The minimum atomic E-state index is -0.924. The van der Waals surface area contributed by atoms with E-state index in [1.807, 2.05) is 6.92 Å². The lowest BCUT2D eigenvalue weighted by Gasteiger charge is -2.22. The van der Waals surface area contributed by atoms with Crippen molar-refractivity contribution in [3.05, 3.63) is 65.4 Å². The first-order valence-electron chi connectivity index (χ1n) is 8.60. The van der Waals surface area contributed by atoms with Crippen molar-refractivity contribution in [2.75, 3.05) is 10.6 Å². The van der Waals surface area contributed by atoms with Gasteiger partial charge in [-0.15, -0.1) is 0 Å². The topological polar surface area (TPSA) is 136 Å². The smallest absolute Gasteiger partial charge is 0.250 e. The van der Waals surface area contributed by atoms with Crippen LogP contribution in [0.3, 0.4) is 0 Å². The van der Waals surface area contributed by atoms with Crippen LogP contribution in [0.25, 0.3) is 0 Å². The highest BCUT2D eigenvalue weighted by molar-refractivity contribution is 7.10. The molecule has 0 bridgehead atoms. The number of pyridine rings is 1. The fourth-order valence-corrected chi connectivity index (χ4v) is 3.39. The molecule has 29 heavy (non-hydrogen) atoms. The summed E-state index contributed by atoms with van der Waals surface area (Å²) in [7, 11) is 0. The predicted octanol–water partition coefficient (Wildman–Crippen LogP) is 2.51. The van der Waals surface area contributed by atoms with Gasteiger partial charge in [-0.3, -0.25) is 9.78 Å². The molecule has 0 saturated heterocycles. The van der Waals surface area contributed by atoms with Crippen LogP contribution >= 0.6 is 11.5 Å². The molecule has 0 aliphatic rings. The van der Waals surface area contributed by atoms with E-state index in [0.717, 1.165) is 11.8 Å². The van der Waals surface area contributed by atoms with E-state index < -0.39 is 23.8 Å². The molecule has 150 valence electrons. The number of halogens is 1. The standard InChI is InChI=1S/C19H19FN6O2S/c1-10-5-17(29-26-10)25-14-7-15(13(20)6-12(14)19(22)28)24-16(9-27)18(21)11-3-2-4-23-8-11/h2-9,16,18,24-25H,21H2,1H3,(H2,22,28). The van der Waals surface area contributed by atoms with Gasteiger partial charge in [-0.2, -0.15) is 4.37 Å². The Labute approximate surface area is 170 Å². The van der Waals surface area contributed by atoms with E-state index in [2.05, 4.69) is 20.0 Å². The van der Waals surface area contributed by atoms with Crippen molar-refractivity contribution in [1.29, 1.82) is 0 Å². The number of nitrogens with zero attached hydrogens (tertiary/aromatic N) is 2. The minimum Gasteiger partial charge on any atom is -0.372 e. The van der Waals surface area contributed by atoms with Crippen LogP contribution in [0.5, 0.6) is 0 Å². The number of nitrogens with two attached hydrogens (primary N) is 2. The summed E-state index contributed by atoms with van der Waals surface area (Å²) in [5.74, 6) is -1.53. The van der Waals surface area contributed by atoms with Crippen molar-refractivity contribution >= 4 is 40.1 Å². The Morgan fingerprint density at radius 1 is 1.31 bits per heavy atom. The molecule has 10 heteroatoms. The molecule has 1 amide bonds. The van der Waals surface area contributed by atoms with Gasteiger partial charge in [0.15, 0.2) is 0 Å². The number of aryl methyl sites for hydroxylation is 1. The van der Waals surface area contributed by atoms with E-state index in [1.165, 1.54) is 23.8 Å². The van der Waals surface area contributed by atoms with Crippen molar-refractivity contribution in [2.24, 2.45) is 11.5 Å². The van der Waals surface area contributed by atoms with Crippen LogP contribution in [0, 0.1) is 12.7 Å². The Morgan fingerprint density at radius 3 is 2.69 bits per heavy atom. The van der Waals surface area contributed by atoms with Gasteiger partial charge in [-0.25, -0.2) is 4.39 Å². The van der Waals surface area contributed by atoms with Crippen LogP contribution in [-0.2, 0) is 4.79 Å². The van der Waals surface area contributed by atoms with E-state index >= 15 is 0 Å². The Kier molecular flexibility index (Phi) is 6.15. The van der Waals surface area contributed by atoms with Crippen LogP contribution in [-0.4, -0.2) is 27.6 Å². The molecule has 2 atom stereocenters. The second-order valence-electron chi connectivity index (χ2n) is 6.32. The third-order valence-electron chi connectivity index (χ3n) is 4.18. The molecule has 0 aliphatic carbocycles. The maximum Gasteiger partial charge on any atom is 0.250 e. The van der Waals surface area contributed by atoms with Crippen molar-refractivity contribution in [1.82, 2.24) is 9.36 Å². The number of benzene rings is 1. The maximum absolute atomic E-state index is 14.6. The quantitative estimate of drug-likeness (QED) is 0.416. The lowest BCUT2D eigenvalue weighted by atomic mass is 10.0. The number of hydrogen-bond acceptors (Lipinski definition) is 8. The summed E-state index contributed by atoms with van der Waals surface area (Å²) in [5.41, 5.74) is 13.2. The summed E-state index contributed by atoms with van der Waals surface area (Å²) in [6, 6.07) is 5.90.